The van der Waals surface area contributed by atoms with Crippen molar-refractivity contribution >= 4 is 28.9 Å². The van der Waals surface area contributed by atoms with Crippen LogP contribution in [0.15, 0.2) is 66.7 Å². The van der Waals surface area contributed by atoms with Gasteiger partial charge in [0.05, 0.1) is 23.0 Å². The Bertz CT molecular complexity index is 1170. The number of nitrogens with zero attached hydrogens (tertiary/aromatic N) is 4. The van der Waals surface area contributed by atoms with E-state index in [1.807, 2.05) is 55.5 Å². The van der Waals surface area contributed by atoms with Gasteiger partial charge in [-0.25, -0.2) is 0 Å². The second kappa shape index (κ2) is 9.68. The van der Waals surface area contributed by atoms with Crippen LogP contribution in [0.25, 0.3) is 5.69 Å². The first kappa shape index (κ1) is 21.0. The second-order valence-electron chi connectivity index (χ2n) is 6.50. The number of ether oxygens (including phenoxy) is 2. The maximum atomic E-state index is 6.23. The summed E-state index contributed by atoms with van der Waals surface area (Å²) in [6, 6.07) is 20.7. The van der Waals surface area contributed by atoms with Gasteiger partial charge in [-0.1, -0.05) is 52.6 Å². The SMILES string of the molecule is CCOc1cc(CNc2cc(Cl)ccc2Cl)ccc1Oc1nnnn1-c1ccccc1. The van der Waals surface area contributed by atoms with Gasteiger partial charge < -0.3 is 14.8 Å². The van der Waals surface area contributed by atoms with E-state index in [0.29, 0.717) is 34.7 Å². The van der Waals surface area contributed by atoms with Gasteiger partial charge in [-0.05, 0) is 65.4 Å². The smallest absolute Gasteiger partial charge is 0.346 e. The van der Waals surface area contributed by atoms with E-state index in [1.165, 1.54) is 4.68 Å². The van der Waals surface area contributed by atoms with Crippen molar-refractivity contribution in [2.75, 3.05) is 11.9 Å². The fraction of sp³-hybridized carbons (Fsp3) is 0.136. The van der Waals surface area contributed by atoms with Crippen LogP contribution in [-0.4, -0.2) is 26.8 Å². The molecular formula is C22H19Cl2N5O2. The molecule has 0 fully saturated rings. The molecule has 9 heteroatoms. The van der Waals surface area contributed by atoms with Crippen LogP contribution in [0.5, 0.6) is 17.5 Å². The van der Waals surface area contributed by atoms with Crippen LogP contribution in [0.3, 0.4) is 0 Å². The maximum absolute atomic E-state index is 6.23. The Balaban J connectivity index is 1.54. The van der Waals surface area contributed by atoms with E-state index < -0.39 is 0 Å². The molecule has 0 radical (unpaired) electrons. The predicted octanol–water partition coefficient (Wildman–Crippen LogP) is 5.77. The summed E-state index contributed by atoms with van der Waals surface area (Å²) in [7, 11) is 0. The molecule has 4 rings (SSSR count). The van der Waals surface area contributed by atoms with Crippen molar-refractivity contribution in [3.05, 3.63) is 82.3 Å². The molecule has 0 aliphatic carbocycles. The summed E-state index contributed by atoms with van der Waals surface area (Å²) >= 11 is 12.3. The van der Waals surface area contributed by atoms with Crippen LogP contribution in [0.2, 0.25) is 10.0 Å². The molecule has 4 aromatic rings. The van der Waals surface area contributed by atoms with Crippen LogP contribution in [0, 0.1) is 0 Å². The first-order valence-corrected chi connectivity index (χ1v) is 10.4. The summed E-state index contributed by atoms with van der Waals surface area (Å²) in [6.45, 7) is 2.92. The molecule has 0 atom stereocenters. The van der Waals surface area contributed by atoms with Gasteiger partial charge in [0.25, 0.3) is 0 Å². The number of anilines is 1. The molecule has 0 aliphatic heterocycles. The molecule has 0 saturated heterocycles. The van der Waals surface area contributed by atoms with E-state index in [2.05, 4.69) is 20.8 Å². The second-order valence-corrected chi connectivity index (χ2v) is 7.35. The molecule has 0 aliphatic rings. The van der Waals surface area contributed by atoms with Crippen molar-refractivity contribution in [3.63, 3.8) is 0 Å². The van der Waals surface area contributed by atoms with Crippen molar-refractivity contribution in [3.8, 4) is 23.2 Å². The Labute approximate surface area is 189 Å². The molecular weight excluding hydrogens is 437 g/mol. The number of nitrogens with one attached hydrogen (secondary N) is 1. The molecule has 1 aromatic heterocycles. The van der Waals surface area contributed by atoms with E-state index >= 15 is 0 Å². The fourth-order valence-corrected chi connectivity index (χ4v) is 3.27. The molecule has 158 valence electrons. The molecule has 0 spiro atoms. The fourth-order valence-electron chi connectivity index (χ4n) is 2.92. The summed E-state index contributed by atoms with van der Waals surface area (Å²) in [4.78, 5) is 0. The van der Waals surface area contributed by atoms with E-state index in [1.54, 1.807) is 18.2 Å². The van der Waals surface area contributed by atoms with Crippen molar-refractivity contribution in [1.29, 1.82) is 0 Å². The number of benzene rings is 3. The summed E-state index contributed by atoms with van der Waals surface area (Å²) in [5.74, 6) is 1.10. The first-order chi connectivity index (χ1) is 15.1. The Kier molecular flexibility index (Phi) is 6.54. The van der Waals surface area contributed by atoms with Gasteiger partial charge in [-0.2, -0.15) is 4.68 Å². The third kappa shape index (κ3) is 5.07. The Morgan fingerprint density at radius 3 is 2.61 bits per heavy atom. The lowest BCUT2D eigenvalue weighted by molar-refractivity contribution is 0.315. The highest BCUT2D eigenvalue weighted by Crippen LogP contribution is 2.33. The minimum atomic E-state index is 0.240. The van der Waals surface area contributed by atoms with Gasteiger partial charge in [-0.3, -0.25) is 0 Å². The van der Waals surface area contributed by atoms with Crippen molar-refractivity contribution in [1.82, 2.24) is 20.2 Å². The first-order valence-electron chi connectivity index (χ1n) is 9.60. The number of hydrogen-bond donors (Lipinski definition) is 1. The van der Waals surface area contributed by atoms with Crippen LogP contribution in [-0.2, 0) is 6.54 Å². The number of hydrogen-bond acceptors (Lipinski definition) is 6. The minimum absolute atomic E-state index is 0.240. The van der Waals surface area contributed by atoms with Gasteiger partial charge in [0.2, 0.25) is 0 Å². The molecule has 1 heterocycles. The molecule has 0 saturated carbocycles. The summed E-state index contributed by atoms with van der Waals surface area (Å²) < 4.78 is 13.3. The quantitative estimate of drug-likeness (QED) is 0.363. The van der Waals surface area contributed by atoms with E-state index in [4.69, 9.17) is 32.7 Å². The molecule has 0 unspecified atom stereocenters. The predicted molar refractivity (Wildman–Crippen MR) is 121 cm³/mol. The van der Waals surface area contributed by atoms with Crippen LogP contribution < -0.4 is 14.8 Å². The average Bonchev–Trinajstić information content (AvgIpc) is 3.25. The summed E-state index contributed by atoms with van der Waals surface area (Å²) in [5, 5.41) is 16.2. The third-order valence-electron chi connectivity index (χ3n) is 4.36. The zero-order valence-electron chi connectivity index (χ0n) is 16.6. The van der Waals surface area contributed by atoms with Crippen LogP contribution in [0.4, 0.5) is 5.69 Å². The summed E-state index contributed by atoms with van der Waals surface area (Å²) in [5.41, 5.74) is 2.53. The van der Waals surface area contributed by atoms with E-state index in [0.717, 1.165) is 16.9 Å². The largest absolute Gasteiger partial charge is 0.490 e. The number of para-hydroxylation sites is 1. The zero-order valence-corrected chi connectivity index (χ0v) is 18.1. The third-order valence-corrected chi connectivity index (χ3v) is 4.93. The highest BCUT2D eigenvalue weighted by atomic mass is 35.5. The van der Waals surface area contributed by atoms with Crippen molar-refractivity contribution < 1.29 is 9.47 Å². The summed E-state index contributed by atoms with van der Waals surface area (Å²) in [6.07, 6.45) is 0. The van der Waals surface area contributed by atoms with Gasteiger partial charge in [0.15, 0.2) is 11.5 Å². The molecule has 1 N–H and O–H groups in total. The van der Waals surface area contributed by atoms with Gasteiger partial charge in [0.1, 0.15) is 0 Å². The lowest BCUT2D eigenvalue weighted by Crippen LogP contribution is -2.04. The highest BCUT2D eigenvalue weighted by molar-refractivity contribution is 6.35. The zero-order chi connectivity index (χ0) is 21.6. The number of tetrazole rings is 1. The van der Waals surface area contributed by atoms with Gasteiger partial charge in [-0.15, -0.1) is 0 Å². The van der Waals surface area contributed by atoms with Crippen LogP contribution in [0.1, 0.15) is 12.5 Å². The maximum Gasteiger partial charge on any atom is 0.346 e. The lowest BCUT2D eigenvalue weighted by Gasteiger charge is -2.14. The average molecular weight is 456 g/mol. The van der Waals surface area contributed by atoms with Crippen LogP contribution >= 0.6 is 23.2 Å². The molecule has 31 heavy (non-hydrogen) atoms. The Morgan fingerprint density at radius 2 is 1.81 bits per heavy atom. The number of halogens is 2. The minimum Gasteiger partial charge on any atom is -0.490 e. The Hall–Kier alpha value is -3.29. The molecule has 3 aromatic carbocycles. The monoisotopic (exact) mass is 455 g/mol. The standard InChI is InChI=1S/C22H19Cl2N5O2/c1-2-30-21-12-15(14-25-19-13-16(23)9-10-18(19)24)8-11-20(21)31-22-26-27-28-29(22)17-6-4-3-5-7-17/h3-13,25H,2,14H2,1H3. The van der Waals surface area contributed by atoms with Gasteiger partial charge in [0, 0.05) is 11.6 Å². The van der Waals surface area contributed by atoms with E-state index in [-0.39, 0.29) is 6.01 Å². The van der Waals surface area contributed by atoms with Crippen molar-refractivity contribution in [2.24, 2.45) is 0 Å². The molecule has 0 amide bonds. The number of rotatable bonds is 8. The highest BCUT2D eigenvalue weighted by Gasteiger charge is 2.14. The normalized spacial score (nSPS) is 10.7. The molecule has 0 bridgehead atoms. The van der Waals surface area contributed by atoms with E-state index in [9.17, 15) is 0 Å². The molecule has 7 nitrogen and oxygen atoms in total. The van der Waals surface area contributed by atoms with Crippen molar-refractivity contribution in [2.45, 2.75) is 13.5 Å². The lowest BCUT2D eigenvalue weighted by atomic mass is 10.2. The van der Waals surface area contributed by atoms with Gasteiger partial charge >= 0.3 is 6.01 Å². The Morgan fingerprint density at radius 1 is 0.968 bits per heavy atom. The number of aromatic nitrogens is 4. The topological polar surface area (TPSA) is 74.1 Å².